The Morgan fingerprint density at radius 2 is 1.68 bits per heavy atom. The minimum absolute atomic E-state index is 0. The lowest BCUT2D eigenvalue weighted by Crippen LogP contribution is -2.33. The van der Waals surface area contributed by atoms with Crippen molar-refractivity contribution in [3.63, 3.8) is 0 Å². The number of rotatable bonds is 2. The van der Waals surface area contributed by atoms with Gasteiger partial charge >= 0.3 is 0 Å². The van der Waals surface area contributed by atoms with E-state index in [0.29, 0.717) is 6.04 Å². The van der Waals surface area contributed by atoms with Crippen LogP contribution in [-0.2, 0) is 12.8 Å². The van der Waals surface area contributed by atoms with E-state index in [1.165, 1.54) is 29.5 Å². The van der Waals surface area contributed by atoms with Gasteiger partial charge in [0.05, 0.1) is 5.52 Å². The number of likely N-dealkylation sites (N-methyl/N-ethyl adjacent to an activating group) is 1. The lowest BCUT2D eigenvalue weighted by Gasteiger charge is -2.29. The first-order chi connectivity index (χ1) is 11.5. The summed E-state index contributed by atoms with van der Waals surface area (Å²) in [6.45, 7) is 0. The highest BCUT2D eigenvalue weighted by molar-refractivity contribution is 5.88. The molecule has 0 radical (unpaired) electrons. The Hall–Kier alpha value is -1.91. The molecule has 1 aliphatic carbocycles. The van der Waals surface area contributed by atoms with E-state index in [9.17, 15) is 8.78 Å². The van der Waals surface area contributed by atoms with Gasteiger partial charge in [-0.05, 0) is 81.4 Å². The fourth-order valence-electron chi connectivity index (χ4n) is 3.84. The molecule has 0 aliphatic heterocycles. The number of fused-ring (bicyclic) bond motifs is 3. The maximum atomic E-state index is 13.9. The zero-order valence-corrected chi connectivity index (χ0v) is 15.1. The predicted molar refractivity (Wildman–Crippen MR) is 99.9 cm³/mol. The van der Waals surface area contributed by atoms with Crippen molar-refractivity contribution < 1.29 is 8.78 Å². The van der Waals surface area contributed by atoms with Crippen LogP contribution in [-0.4, -0.2) is 29.6 Å². The number of nitrogens with zero attached hydrogens (tertiary/aromatic N) is 2. The Balaban J connectivity index is 0.00000182. The number of halogens is 3. The van der Waals surface area contributed by atoms with Gasteiger partial charge in [0.25, 0.3) is 0 Å². The average molecular weight is 363 g/mol. The number of hydrogen-bond acceptors (Lipinski definition) is 1. The lowest BCUT2D eigenvalue weighted by molar-refractivity contribution is 0.267. The lowest BCUT2D eigenvalue weighted by atomic mass is 9.90. The second-order valence-electron chi connectivity index (χ2n) is 6.76. The van der Waals surface area contributed by atoms with Crippen LogP contribution in [0.5, 0.6) is 0 Å². The first kappa shape index (κ1) is 17.9. The van der Waals surface area contributed by atoms with Crippen LogP contribution in [0.2, 0.25) is 0 Å². The molecule has 0 spiro atoms. The summed E-state index contributed by atoms with van der Waals surface area (Å²) in [7, 11) is 4.19. The Bertz CT molecular complexity index is 900. The Morgan fingerprint density at radius 1 is 1.00 bits per heavy atom. The molecule has 132 valence electrons. The molecule has 0 amide bonds. The maximum Gasteiger partial charge on any atom is 0.123 e. The first-order valence-corrected chi connectivity index (χ1v) is 8.28. The van der Waals surface area contributed by atoms with Crippen molar-refractivity contribution in [2.45, 2.75) is 25.3 Å². The molecular weight excluding hydrogens is 342 g/mol. The third-order valence-electron chi connectivity index (χ3n) is 5.11. The second kappa shape index (κ2) is 6.77. The third kappa shape index (κ3) is 3.05. The van der Waals surface area contributed by atoms with Gasteiger partial charge in [-0.15, -0.1) is 12.4 Å². The fraction of sp³-hybridized carbons (Fsp3) is 0.300. The van der Waals surface area contributed by atoms with Crippen LogP contribution in [0.3, 0.4) is 0 Å². The first-order valence-electron chi connectivity index (χ1n) is 8.28. The topological polar surface area (TPSA) is 8.17 Å². The summed E-state index contributed by atoms with van der Waals surface area (Å²) in [5, 5.41) is 0.973. The standard InChI is InChI=1S/C20H20F2N2.ClH/c1-23(2)16-8-10-20-18(12-16)17-11-14(22)5-9-19(17)24(20)15-6-3-13(21)4-7-15;/h3-7,9,11,16H,8,10,12H2,1-2H3;1H. The Kier molecular flexibility index (Phi) is 4.85. The molecule has 5 heteroatoms. The summed E-state index contributed by atoms with van der Waals surface area (Å²) in [5.41, 5.74) is 4.36. The van der Waals surface area contributed by atoms with E-state index in [1.807, 2.05) is 6.07 Å². The molecule has 1 atom stereocenters. The smallest absolute Gasteiger partial charge is 0.123 e. The van der Waals surface area contributed by atoms with Gasteiger partial charge in [-0.2, -0.15) is 0 Å². The van der Waals surface area contributed by atoms with Crippen LogP contribution in [0, 0.1) is 11.6 Å². The van der Waals surface area contributed by atoms with Gasteiger partial charge in [0, 0.05) is 22.8 Å². The summed E-state index contributed by atoms with van der Waals surface area (Å²) in [6, 6.07) is 12.0. The molecule has 1 aliphatic rings. The highest BCUT2D eigenvalue weighted by Crippen LogP contribution is 2.35. The van der Waals surface area contributed by atoms with Crippen LogP contribution in [0.4, 0.5) is 8.78 Å². The molecule has 25 heavy (non-hydrogen) atoms. The van der Waals surface area contributed by atoms with Crippen LogP contribution >= 0.6 is 12.4 Å². The van der Waals surface area contributed by atoms with Crippen molar-refractivity contribution in [1.29, 1.82) is 0 Å². The minimum Gasteiger partial charge on any atom is -0.313 e. The van der Waals surface area contributed by atoms with Crippen molar-refractivity contribution in [3.05, 3.63) is 65.4 Å². The molecule has 1 aromatic heterocycles. The summed E-state index contributed by atoms with van der Waals surface area (Å²) in [4.78, 5) is 2.24. The van der Waals surface area contributed by atoms with E-state index in [2.05, 4.69) is 23.6 Å². The Morgan fingerprint density at radius 3 is 2.36 bits per heavy atom. The summed E-state index contributed by atoms with van der Waals surface area (Å²) in [6.07, 6.45) is 2.92. The highest BCUT2D eigenvalue weighted by Gasteiger charge is 2.27. The van der Waals surface area contributed by atoms with Crippen molar-refractivity contribution in [3.8, 4) is 5.69 Å². The molecule has 0 saturated carbocycles. The van der Waals surface area contributed by atoms with E-state index in [4.69, 9.17) is 0 Å². The molecule has 2 aromatic carbocycles. The molecular formula is C20H21ClF2N2. The van der Waals surface area contributed by atoms with Crippen LogP contribution in [0.1, 0.15) is 17.7 Å². The van der Waals surface area contributed by atoms with Gasteiger partial charge in [0.2, 0.25) is 0 Å². The van der Waals surface area contributed by atoms with Crippen molar-refractivity contribution in [2.24, 2.45) is 0 Å². The van der Waals surface area contributed by atoms with Gasteiger partial charge in [-0.1, -0.05) is 0 Å². The molecule has 0 saturated heterocycles. The fourth-order valence-corrected chi connectivity index (χ4v) is 3.84. The molecule has 1 heterocycles. The summed E-state index contributed by atoms with van der Waals surface area (Å²) in [5.74, 6) is -0.462. The molecule has 1 unspecified atom stereocenters. The van der Waals surface area contributed by atoms with E-state index in [0.717, 1.165) is 35.9 Å². The Labute approximate surface area is 152 Å². The van der Waals surface area contributed by atoms with E-state index in [-0.39, 0.29) is 24.0 Å². The van der Waals surface area contributed by atoms with Gasteiger partial charge in [0.15, 0.2) is 0 Å². The normalized spacial score (nSPS) is 16.8. The molecule has 0 bridgehead atoms. The third-order valence-corrected chi connectivity index (χ3v) is 5.11. The van der Waals surface area contributed by atoms with Gasteiger partial charge in [-0.3, -0.25) is 0 Å². The monoisotopic (exact) mass is 362 g/mol. The van der Waals surface area contributed by atoms with Crippen LogP contribution < -0.4 is 0 Å². The van der Waals surface area contributed by atoms with Gasteiger partial charge < -0.3 is 9.47 Å². The quantitative estimate of drug-likeness (QED) is 0.638. The zero-order valence-electron chi connectivity index (χ0n) is 14.3. The largest absolute Gasteiger partial charge is 0.313 e. The van der Waals surface area contributed by atoms with Gasteiger partial charge in [0.1, 0.15) is 11.6 Å². The van der Waals surface area contributed by atoms with Crippen molar-refractivity contribution >= 4 is 23.3 Å². The zero-order chi connectivity index (χ0) is 16.8. The molecule has 0 fully saturated rings. The van der Waals surface area contributed by atoms with Crippen molar-refractivity contribution in [2.75, 3.05) is 14.1 Å². The van der Waals surface area contributed by atoms with Crippen LogP contribution in [0.15, 0.2) is 42.5 Å². The molecule has 2 nitrogen and oxygen atoms in total. The van der Waals surface area contributed by atoms with Crippen LogP contribution in [0.25, 0.3) is 16.6 Å². The second-order valence-corrected chi connectivity index (χ2v) is 6.76. The minimum atomic E-state index is -0.247. The summed E-state index contributed by atoms with van der Waals surface area (Å²) < 4.78 is 29.3. The summed E-state index contributed by atoms with van der Waals surface area (Å²) >= 11 is 0. The molecule has 4 rings (SSSR count). The van der Waals surface area contributed by atoms with E-state index < -0.39 is 0 Å². The maximum absolute atomic E-state index is 13.9. The van der Waals surface area contributed by atoms with E-state index in [1.54, 1.807) is 18.2 Å². The number of hydrogen-bond donors (Lipinski definition) is 0. The highest BCUT2D eigenvalue weighted by atomic mass is 35.5. The average Bonchev–Trinajstić information content (AvgIpc) is 2.88. The molecule has 0 N–H and O–H groups in total. The van der Waals surface area contributed by atoms with E-state index >= 15 is 0 Å². The number of benzene rings is 2. The van der Waals surface area contributed by atoms with Crippen molar-refractivity contribution in [1.82, 2.24) is 9.47 Å². The van der Waals surface area contributed by atoms with Gasteiger partial charge in [-0.25, -0.2) is 8.78 Å². The predicted octanol–water partition coefficient (Wildman–Crippen LogP) is 4.75. The number of aromatic nitrogens is 1. The SMILES string of the molecule is CN(C)C1CCc2c(c3cc(F)ccc3n2-c2ccc(F)cc2)C1.Cl. The molecule has 3 aromatic rings.